The molecule has 0 aromatic rings. The van der Waals surface area contributed by atoms with Gasteiger partial charge in [-0.1, -0.05) is 20.8 Å². The molecule has 0 radical (unpaired) electrons. The molecule has 10 unspecified atom stereocenters. The van der Waals surface area contributed by atoms with Crippen molar-refractivity contribution >= 4 is 11.9 Å². The number of carbonyl (C=O) groups is 2. The van der Waals surface area contributed by atoms with Crippen LogP contribution in [-0.4, -0.2) is 23.6 Å². The van der Waals surface area contributed by atoms with Crippen LogP contribution in [0, 0.1) is 53.3 Å². The normalized spacial score (nSPS) is 46.1. The molecule has 5 fully saturated rings. The molecule has 30 heavy (non-hydrogen) atoms. The third kappa shape index (κ3) is 3.14. The minimum absolute atomic E-state index is 0.153. The maximum atomic E-state index is 13.0. The van der Waals surface area contributed by atoms with Gasteiger partial charge in [-0.2, -0.15) is 0 Å². The second kappa shape index (κ2) is 7.52. The van der Waals surface area contributed by atoms with E-state index in [1.165, 1.54) is 19.8 Å². The zero-order valence-corrected chi connectivity index (χ0v) is 19.3. The van der Waals surface area contributed by atoms with Crippen LogP contribution in [0.4, 0.5) is 0 Å². The van der Waals surface area contributed by atoms with Crippen LogP contribution in [0.3, 0.4) is 0 Å². The summed E-state index contributed by atoms with van der Waals surface area (Å²) in [7, 11) is 0. The van der Waals surface area contributed by atoms with E-state index in [-0.39, 0.29) is 30.1 Å². The summed E-state index contributed by atoms with van der Waals surface area (Å²) in [6.45, 7) is 8.54. The number of hydrogen-bond acceptors (Lipinski definition) is 4. The average Bonchev–Trinajstić information content (AvgIpc) is 3.48. The number of carbonyl (C=O) groups excluding carboxylic acids is 2. The molecule has 4 bridgehead atoms. The molecule has 0 aromatic carbocycles. The fourth-order valence-electron chi connectivity index (χ4n) is 9.19. The van der Waals surface area contributed by atoms with Gasteiger partial charge in [0.2, 0.25) is 0 Å². The van der Waals surface area contributed by atoms with Crippen LogP contribution >= 0.6 is 0 Å². The van der Waals surface area contributed by atoms with Crippen molar-refractivity contribution in [3.63, 3.8) is 0 Å². The number of rotatable bonds is 6. The molecule has 0 amide bonds. The van der Waals surface area contributed by atoms with Crippen molar-refractivity contribution < 1.29 is 19.1 Å². The van der Waals surface area contributed by atoms with Crippen molar-refractivity contribution in [3.8, 4) is 0 Å². The molecule has 10 atom stereocenters. The highest BCUT2D eigenvalue weighted by Crippen LogP contribution is 2.71. The Morgan fingerprint density at radius 2 is 1.63 bits per heavy atom. The van der Waals surface area contributed by atoms with E-state index < -0.39 is 0 Å². The molecule has 4 nitrogen and oxygen atoms in total. The maximum absolute atomic E-state index is 13.0. The Kier molecular flexibility index (Phi) is 5.22. The van der Waals surface area contributed by atoms with Gasteiger partial charge in [-0.05, 0) is 105 Å². The summed E-state index contributed by atoms with van der Waals surface area (Å²) in [4.78, 5) is 24.9. The standard InChI is InChI=1S/C26H40O4/c1-5-26(8-6-7-9-26)30-23(28)13-22(29-16(4)27)20-10-17-11-21(20)25-19-12-18(24(17)25)14(2)15(19)3/h14-15,17-22,24-25H,5-13H2,1-4H3. The molecule has 4 heteroatoms. The fourth-order valence-corrected chi connectivity index (χ4v) is 9.19. The molecule has 5 aliphatic rings. The summed E-state index contributed by atoms with van der Waals surface area (Å²) in [5.41, 5.74) is -0.270. The average molecular weight is 417 g/mol. The Bertz CT molecular complexity index is 695. The summed E-state index contributed by atoms with van der Waals surface area (Å²) in [5, 5.41) is 0. The van der Waals surface area contributed by atoms with Gasteiger partial charge >= 0.3 is 11.9 Å². The van der Waals surface area contributed by atoms with Gasteiger partial charge in [-0.25, -0.2) is 0 Å². The number of esters is 2. The summed E-state index contributed by atoms with van der Waals surface area (Å²) in [6.07, 6.45) is 8.91. The number of ether oxygens (including phenoxy) is 2. The third-order valence-corrected chi connectivity index (χ3v) is 10.5. The first kappa shape index (κ1) is 20.8. The Hall–Kier alpha value is -1.06. The lowest BCUT2D eigenvalue weighted by Gasteiger charge is -2.45. The van der Waals surface area contributed by atoms with Gasteiger partial charge in [0, 0.05) is 6.92 Å². The van der Waals surface area contributed by atoms with Crippen molar-refractivity contribution in [3.05, 3.63) is 0 Å². The second-order valence-electron chi connectivity index (χ2n) is 11.6. The monoisotopic (exact) mass is 416 g/mol. The quantitative estimate of drug-likeness (QED) is 0.431. The summed E-state index contributed by atoms with van der Waals surface area (Å²) in [5.74, 6) is 6.49. The van der Waals surface area contributed by atoms with Crippen LogP contribution in [0.15, 0.2) is 0 Å². The Morgan fingerprint density at radius 1 is 0.967 bits per heavy atom. The van der Waals surface area contributed by atoms with E-state index in [1.54, 1.807) is 0 Å². The minimum atomic E-state index is -0.298. The lowest BCUT2D eigenvalue weighted by Crippen LogP contribution is -2.43. The predicted octanol–water partition coefficient (Wildman–Crippen LogP) is 5.38. The van der Waals surface area contributed by atoms with E-state index in [0.717, 1.165) is 80.0 Å². The summed E-state index contributed by atoms with van der Waals surface area (Å²) >= 11 is 0. The van der Waals surface area contributed by atoms with Gasteiger partial charge in [-0.15, -0.1) is 0 Å². The third-order valence-electron chi connectivity index (χ3n) is 10.5. The molecular weight excluding hydrogens is 376 g/mol. The van der Waals surface area contributed by atoms with E-state index in [4.69, 9.17) is 9.47 Å². The van der Waals surface area contributed by atoms with Gasteiger partial charge < -0.3 is 9.47 Å². The van der Waals surface area contributed by atoms with E-state index in [9.17, 15) is 9.59 Å². The van der Waals surface area contributed by atoms with Crippen LogP contribution in [0.1, 0.15) is 85.5 Å². The molecule has 5 rings (SSSR count). The van der Waals surface area contributed by atoms with Gasteiger partial charge in [-0.3, -0.25) is 9.59 Å². The maximum Gasteiger partial charge on any atom is 0.310 e. The predicted molar refractivity (Wildman–Crippen MR) is 114 cm³/mol. The van der Waals surface area contributed by atoms with Gasteiger partial charge in [0.1, 0.15) is 11.7 Å². The molecule has 0 N–H and O–H groups in total. The highest BCUT2D eigenvalue weighted by molar-refractivity contribution is 5.72. The van der Waals surface area contributed by atoms with Crippen LogP contribution < -0.4 is 0 Å². The van der Waals surface area contributed by atoms with Crippen molar-refractivity contribution in [2.75, 3.05) is 0 Å². The van der Waals surface area contributed by atoms with E-state index in [1.807, 2.05) is 0 Å². The van der Waals surface area contributed by atoms with Crippen LogP contribution in [0.25, 0.3) is 0 Å². The smallest absolute Gasteiger partial charge is 0.310 e. The van der Waals surface area contributed by atoms with E-state index >= 15 is 0 Å². The largest absolute Gasteiger partial charge is 0.462 e. The van der Waals surface area contributed by atoms with Gasteiger partial charge in [0.15, 0.2) is 0 Å². The zero-order chi connectivity index (χ0) is 21.2. The minimum Gasteiger partial charge on any atom is -0.462 e. The first-order valence-corrected chi connectivity index (χ1v) is 12.7. The van der Waals surface area contributed by atoms with Gasteiger partial charge in [0.05, 0.1) is 6.42 Å². The van der Waals surface area contributed by atoms with Crippen molar-refractivity contribution in [2.24, 2.45) is 53.3 Å². The van der Waals surface area contributed by atoms with Crippen LogP contribution in [-0.2, 0) is 19.1 Å². The zero-order valence-electron chi connectivity index (χ0n) is 19.3. The molecule has 0 aromatic heterocycles. The molecule has 5 saturated carbocycles. The molecule has 0 spiro atoms. The molecule has 0 aliphatic heterocycles. The SMILES string of the molecule is CCC1(OC(=O)CC(OC(C)=O)C2CC3CC2C2C4CC(C(C)C4C)C32)CCCC1. The molecule has 5 aliphatic carbocycles. The van der Waals surface area contributed by atoms with E-state index in [0.29, 0.717) is 11.8 Å². The van der Waals surface area contributed by atoms with Crippen LogP contribution in [0.5, 0.6) is 0 Å². The van der Waals surface area contributed by atoms with Crippen molar-refractivity contribution in [1.29, 1.82) is 0 Å². The Balaban J connectivity index is 1.30. The second-order valence-corrected chi connectivity index (χ2v) is 11.6. The summed E-state index contributed by atoms with van der Waals surface area (Å²) < 4.78 is 11.9. The van der Waals surface area contributed by atoms with Crippen molar-refractivity contribution in [2.45, 2.75) is 97.2 Å². The number of hydrogen-bond donors (Lipinski definition) is 0. The Morgan fingerprint density at radius 3 is 2.27 bits per heavy atom. The molecule has 168 valence electrons. The highest BCUT2D eigenvalue weighted by atomic mass is 16.6. The van der Waals surface area contributed by atoms with E-state index in [2.05, 4.69) is 20.8 Å². The first-order valence-electron chi connectivity index (χ1n) is 12.7. The lowest BCUT2D eigenvalue weighted by atomic mass is 9.61. The topological polar surface area (TPSA) is 52.6 Å². The first-order chi connectivity index (χ1) is 14.3. The fraction of sp³-hybridized carbons (Fsp3) is 0.923. The molecular formula is C26H40O4. The van der Waals surface area contributed by atoms with Crippen LogP contribution in [0.2, 0.25) is 0 Å². The summed E-state index contributed by atoms with van der Waals surface area (Å²) in [6, 6.07) is 0. The van der Waals surface area contributed by atoms with Crippen molar-refractivity contribution in [1.82, 2.24) is 0 Å². The Labute approximate surface area is 181 Å². The molecule has 0 heterocycles. The van der Waals surface area contributed by atoms with Gasteiger partial charge in [0.25, 0.3) is 0 Å². The lowest BCUT2D eigenvalue weighted by molar-refractivity contribution is -0.168. The molecule has 0 saturated heterocycles. The highest BCUT2D eigenvalue weighted by Gasteiger charge is 2.66. The number of fused-ring (bicyclic) bond motifs is 9.